The number of piperidine rings is 1. The van der Waals surface area contributed by atoms with Gasteiger partial charge in [0, 0.05) is 43.6 Å². The number of rotatable bonds is 5. The first-order valence-corrected chi connectivity index (χ1v) is 12.0. The maximum atomic E-state index is 12.9. The minimum Gasteiger partial charge on any atom is -0.337 e. The normalized spacial score (nSPS) is 15.8. The van der Waals surface area contributed by atoms with Crippen LogP contribution in [0.5, 0.6) is 0 Å². The van der Waals surface area contributed by atoms with E-state index in [1.165, 1.54) is 10.5 Å². The predicted octanol–water partition coefficient (Wildman–Crippen LogP) is 2.57. The molecular formula is C22H28N6O3S. The minimum atomic E-state index is -3.65. The van der Waals surface area contributed by atoms with Crippen molar-refractivity contribution >= 4 is 21.6 Å². The fourth-order valence-corrected chi connectivity index (χ4v) is 5.49. The van der Waals surface area contributed by atoms with Crippen LogP contribution in [-0.4, -0.2) is 51.1 Å². The number of anilines is 1. The summed E-state index contributed by atoms with van der Waals surface area (Å²) in [6.45, 7) is 6.28. The molecule has 1 amide bonds. The molecule has 1 aromatic carbocycles. The Hall–Kier alpha value is -2.98. The third kappa shape index (κ3) is 4.33. The topological polar surface area (TPSA) is 102 Å². The van der Waals surface area contributed by atoms with Gasteiger partial charge in [0.15, 0.2) is 5.03 Å². The molecule has 3 heterocycles. The molecule has 0 spiro atoms. The van der Waals surface area contributed by atoms with Crippen LogP contribution in [0, 0.1) is 26.7 Å². The van der Waals surface area contributed by atoms with Crippen molar-refractivity contribution in [3.63, 3.8) is 0 Å². The van der Waals surface area contributed by atoms with Crippen molar-refractivity contribution in [3.8, 4) is 5.69 Å². The standard InChI is InChI=1S/C22H28N6O3S/c1-15-12-16(2)28(25-15)20-7-5-6-19(13-20)24-22(29)18-8-10-27(11-9-18)32(30,31)21-14-26(4)17(3)23-21/h5-7,12-14,18H,8-11H2,1-4H3,(H,24,29). The van der Waals surface area contributed by atoms with Gasteiger partial charge in [0.2, 0.25) is 5.91 Å². The molecule has 0 saturated carbocycles. The molecule has 2 aromatic heterocycles. The van der Waals surface area contributed by atoms with E-state index in [-0.39, 0.29) is 16.9 Å². The first-order valence-electron chi connectivity index (χ1n) is 10.6. The zero-order chi connectivity index (χ0) is 23.0. The van der Waals surface area contributed by atoms with Crippen LogP contribution in [0.2, 0.25) is 0 Å². The summed E-state index contributed by atoms with van der Waals surface area (Å²) in [6.07, 6.45) is 2.46. The van der Waals surface area contributed by atoms with Crippen molar-refractivity contribution < 1.29 is 13.2 Å². The van der Waals surface area contributed by atoms with E-state index in [1.807, 2.05) is 48.9 Å². The van der Waals surface area contributed by atoms with Crippen LogP contribution >= 0.6 is 0 Å². The molecule has 170 valence electrons. The van der Waals surface area contributed by atoms with E-state index < -0.39 is 10.0 Å². The second-order valence-corrected chi connectivity index (χ2v) is 10.2. The minimum absolute atomic E-state index is 0.0568. The average molecular weight is 457 g/mol. The molecular weight excluding hydrogens is 428 g/mol. The lowest BCUT2D eigenvalue weighted by Gasteiger charge is -2.30. The summed E-state index contributed by atoms with van der Waals surface area (Å²) < 4.78 is 30.7. The van der Waals surface area contributed by atoms with Crippen molar-refractivity contribution in [2.24, 2.45) is 13.0 Å². The Kier molecular flexibility index (Phi) is 5.91. The van der Waals surface area contributed by atoms with Crippen LogP contribution in [0.4, 0.5) is 5.69 Å². The predicted molar refractivity (Wildman–Crippen MR) is 121 cm³/mol. The smallest absolute Gasteiger partial charge is 0.262 e. The molecule has 9 nitrogen and oxygen atoms in total. The molecule has 32 heavy (non-hydrogen) atoms. The highest BCUT2D eigenvalue weighted by Crippen LogP contribution is 2.25. The number of amides is 1. The largest absolute Gasteiger partial charge is 0.337 e. The summed E-state index contributed by atoms with van der Waals surface area (Å²) in [6, 6.07) is 9.55. The molecule has 0 bridgehead atoms. The fraction of sp³-hybridized carbons (Fsp3) is 0.409. The fourth-order valence-electron chi connectivity index (χ4n) is 3.99. The molecule has 1 saturated heterocycles. The van der Waals surface area contributed by atoms with Crippen molar-refractivity contribution in [1.82, 2.24) is 23.6 Å². The van der Waals surface area contributed by atoms with Gasteiger partial charge in [-0.1, -0.05) is 6.07 Å². The highest BCUT2D eigenvalue weighted by molar-refractivity contribution is 7.89. The number of nitrogens with zero attached hydrogens (tertiary/aromatic N) is 5. The second-order valence-electron chi connectivity index (χ2n) is 8.29. The van der Waals surface area contributed by atoms with Gasteiger partial charge in [-0.3, -0.25) is 4.79 Å². The Labute approximate surface area is 188 Å². The number of hydrogen-bond donors (Lipinski definition) is 1. The summed E-state index contributed by atoms with van der Waals surface area (Å²) in [5, 5.41) is 7.53. The van der Waals surface area contributed by atoms with E-state index in [2.05, 4.69) is 15.4 Å². The summed E-state index contributed by atoms with van der Waals surface area (Å²) in [4.78, 5) is 17.0. The van der Waals surface area contributed by atoms with Gasteiger partial charge in [-0.2, -0.15) is 9.40 Å². The molecule has 1 fully saturated rings. The zero-order valence-corrected chi connectivity index (χ0v) is 19.6. The molecule has 10 heteroatoms. The van der Waals surface area contributed by atoms with E-state index in [0.29, 0.717) is 37.4 Å². The van der Waals surface area contributed by atoms with Gasteiger partial charge in [-0.15, -0.1) is 0 Å². The average Bonchev–Trinajstić information content (AvgIpc) is 3.29. The van der Waals surface area contributed by atoms with Crippen molar-refractivity contribution in [1.29, 1.82) is 0 Å². The first-order chi connectivity index (χ1) is 15.1. The zero-order valence-electron chi connectivity index (χ0n) is 18.7. The molecule has 0 aliphatic carbocycles. The maximum Gasteiger partial charge on any atom is 0.262 e. The highest BCUT2D eigenvalue weighted by atomic mass is 32.2. The van der Waals surface area contributed by atoms with Crippen LogP contribution < -0.4 is 5.32 Å². The number of carbonyl (C=O) groups is 1. The lowest BCUT2D eigenvalue weighted by Crippen LogP contribution is -2.41. The number of imidazole rings is 1. The maximum absolute atomic E-state index is 12.9. The van der Waals surface area contributed by atoms with Gasteiger partial charge in [-0.05, 0) is 57.9 Å². The summed E-state index contributed by atoms with van der Waals surface area (Å²) >= 11 is 0. The van der Waals surface area contributed by atoms with Crippen LogP contribution in [-0.2, 0) is 21.9 Å². The van der Waals surface area contributed by atoms with Crippen molar-refractivity contribution in [3.05, 3.63) is 53.7 Å². The number of carbonyl (C=O) groups excluding carboxylic acids is 1. The van der Waals surface area contributed by atoms with Crippen LogP contribution in [0.25, 0.3) is 5.69 Å². The monoisotopic (exact) mass is 456 g/mol. The van der Waals surface area contributed by atoms with E-state index >= 15 is 0 Å². The number of sulfonamides is 1. The Balaban J connectivity index is 1.40. The van der Waals surface area contributed by atoms with E-state index in [1.54, 1.807) is 18.5 Å². The van der Waals surface area contributed by atoms with Gasteiger partial charge in [-0.25, -0.2) is 18.1 Å². The quantitative estimate of drug-likeness (QED) is 0.636. The van der Waals surface area contributed by atoms with E-state index in [0.717, 1.165) is 17.1 Å². The third-order valence-corrected chi connectivity index (χ3v) is 7.65. The lowest BCUT2D eigenvalue weighted by molar-refractivity contribution is -0.120. The molecule has 3 aromatic rings. The Morgan fingerprint density at radius 1 is 1.12 bits per heavy atom. The number of benzene rings is 1. The number of hydrogen-bond acceptors (Lipinski definition) is 5. The first kappa shape index (κ1) is 22.2. The second kappa shape index (κ2) is 8.51. The number of aryl methyl sites for hydroxylation is 4. The van der Waals surface area contributed by atoms with Gasteiger partial charge in [0.25, 0.3) is 10.0 Å². The molecule has 1 N–H and O–H groups in total. The van der Waals surface area contributed by atoms with Gasteiger partial charge < -0.3 is 9.88 Å². The molecule has 1 aliphatic rings. The molecule has 0 radical (unpaired) electrons. The van der Waals surface area contributed by atoms with Crippen LogP contribution in [0.1, 0.15) is 30.1 Å². The molecule has 4 rings (SSSR count). The van der Waals surface area contributed by atoms with Crippen molar-refractivity contribution in [2.45, 2.75) is 38.6 Å². The van der Waals surface area contributed by atoms with E-state index in [4.69, 9.17) is 0 Å². The number of aromatic nitrogens is 4. The Morgan fingerprint density at radius 3 is 2.44 bits per heavy atom. The van der Waals surface area contributed by atoms with Crippen molar-refractivity contribution in [2.75, 3.05) is 18.4 Å². The van der Waals surface area contributed by atoms with Crippen LogP contribution in [0.15, 0.2) is 41.6 Å². The van der Waals surface area contributed by atoms with Gasteiger partial charge >= 0.3 is 0 Å². The number of nitrogens with one attached hydrogen (secondary N) is 1. The summed E-state index contributed by atoms with van der Waals surface area (Å²) in [5.74, 6) is 0.297. The van der Waals surface area contributed by atoms with Crippen LogP contribution in [0.3, 0.4) is 0 Å². The summed E-state index contributed by atoms with van der Waals surface area (Å²) in [5.41, 5.74) is 3.52. The Morgan fingerprint density at radius 2 is 1.84 bits per heavy atom. The van der Waals surface area contributed by atoms with Gasteiger partial charge in [0.05, 0.1) is 11.4 Å². The summed E-state index contributed by atoms with van der Waals surface area (Å²) in [7, 11) is -1.88. The lowest BCUT2D eigenvalue weighted by atomic mass is 9.97. The van der Waals surface area contributed by atoms with Gasteiger partial charge in [0.1, 0.15) is 5.82 Å². The van der Waals surface area contributed by atoms with E-state index in [9.17, 15) is 13.2 Å². The molecule has 0 unspecified atom stereocenters. The Bertz CT molecular complexity index is 1230. The molecule has 0 atom stereocenters. The molecule has 1 aliphatic heterocycles. The highest BCUT2D eigenvalue weighted by Gasteiger charge is 2.33. The SMILES string of the molecule is Cc1cc(C)n(-c2cccc(NC(=O)C3CCN(S(=O)(=O)c4cn(C)c(C)n4)CC3)c2)n1. The third-order valence-electron chi connectivity index (χ3n) is 5.88.